The lowest BCUT2D eigenvalue weighted by molar-refractivity contribution is -0.512. The van der Waals surface area contributed by atoms with Gasteiger partial charge in [-0.25, -0.2) is 0 Å². The van der Waals surface area contributed by atoms with Crippen molar-refractivity contribution >= 4 is 11.4 Å². The van der Waals surface area contributed by atoms with Crippen molar-refractivity contribution in [3.05, 3.63) is 44.5 Å². The molecule has 1 unspecified atom stereocenters. The van der Waals surface area contributed by atoms with E-state index in [1.165, 1.54) is 30.3 Å². The van der Waals surface area contributed by atoms with E-state index in [4.69, 9.17) is 5.26 Å². The zero-order valence-electron chi connectivity index (χ0n) is 8.36. The fourth-order valence-electron chi connectivity index (χ4n) is 0.950. The third-order valence-corrected chi connectivity index (χ3v) is 1.76. The van der Waals surface area contributed by atoms with Gasteiger partial charge < -0.3 is 5.43 Å². The number of hydrogen-bond donors (Lipinski definition) is 2. The van der Waals surface area contributed by atoms with Crippen molar-refractivity contribution < 1.29 is 9.85 Å². The van der Waals surface area contributed by atoms with Crippen LogP contribution >= 0.6 is 0 Å². The Morgan fingerprint density at radius 2 is 1.82 bits per heavy atom. The summed E-state index contributed by atoms with van der Waals surface area (Å²) >= 11 is 0. The molecule has 88 valence electrons. The van der Waals surface area contributed by atoms with Gasteiger partial charge in [0.15, 0.2) is 6.07 Å². The van der Waals surface area contributed by atoms with Crippen LogP contribution in [0.25, 0.3) is 0 Å². The summed E-state index contributed by atoms with van der Waals surface area (Å²) in [5.41, 5.74) is 4.84. The second-order valence-electron chi connectivity index (χ2n) is 2.89. The lowest BCUT2D eigenvalue weighted by Crippen LogP contribution is -2.38. The standard InChI is InChI=1S/C8H7N5O4/c9-5-8(13(16)17)11-10-6-1-3-7(4-2-6)12(14)15/h1-4,8,10-11H. The van der Waals surface area contributed by atoms with E-state index in [0.717, 1.165) is 0 Å². The molecular weight excluding hydrogens is 230 g/mol. The van der Waals surface area contributed by atoms with Crippen LogP contribution in [0.15, 0.2) is 24.3 Å². The van der Waals surface area contributed by atoms with E-state index in [-0.39, 0.29) is 5.69 Å². The van der Waals surface area contributed by atoms with Gasteiger partial charge in [0.05, 0.1) is 9.85 Å². The second-order valence-corrected chi connectivity index (χ2v) is 2.89. The minimum absolute atomic E-state index is 0.0957. The van der Waals surface area contributed by atoms with E-state index in [1.54, 1.807) is 0 Å². The number of nitrogens with zero attached hydrogens (tertiary/aromatic N) is 3. The summed E-state index contributed by atoms with van der Waals surface area (Å²) in [6, 6.07) is 6.61. The van der Waals surface area contributed by atoms with E-state index in [1.807, 2.05) is 0 Å². The SMILES string of the molecule is N#CC(NNc1ccc([N+](=O)[O-])cc1)[N+](=O)[O-]. The van der Waals surface area contributed by atoms with Crippen LogP contribution in [-0.4, -0.2) is 16.0 Å². The van der Waals surface area contributed by atoms with Crippen LogP contribution in [0.4, 0.5) is 11.4 Å². The second kappa shape index (κ2) is 5.38. The summed E-state index contributed by atoms with van der Waals surface area (Å²) in [5.74, 6) is 0. The maximum Gasteiger partial charge on any atom is 0.367 e. The van der Waals surface area contributed by atoms with Crippen molar-refractivity contribution in [3.8, 4) is 6.07 Å². The summed E-state index contributed by atoms with van der Waals surface area (Å²) in [6.07, 6.45) is -1.59. The van der Waals surface area contributed by atoms with Gasteiger partial charge in [-0.3, -0.25) is 20.2 Å². The topological polar surface area (TPSA) is 134 Å². The molecule has 0 amide bonds. The van der Waals surface area contributed by atoms with E-state index in [2.05, 4.69) is 10.9 Å². The molecular formula is C8H7N5O4. The summed E-state index contributed by atoms with van der Waals surface area (Å²) in [7, 11) is 0. The van der Waals surface area contributed by atoms with Crippen LogP contribution in [0.1, 0.15) is 0 Å². The number of nitro benzene ring substituents is 1. The first kappa shape index (κ1) is 12.3. The third kappa shape index (κ3) is 3.40. The van der Waals surface area contributed by atoms with Gasteiger partial charge in [-0.1, -0.05) is 0 Å². The van der Waals surface area contributed by atoms with Crippen molar-refractivity contribution in [2.45, 2.75) is 6.17 Å². The molecule has 0 aliphatic heterocycles. The number of hydrazine groups is 1. The highest BCUT2D eigenvalue weighted by Gasteiger charge is 2.17. The van der Waals surface area contributed by atoms with Crippen LogP contribution in [-0.2, 0) is 0 Å². The zero-order valence-corrected chi connectivity index (χ0v) is 8.36. The van der Waals surface area contributed by atoms with Gasteiger partial charge in [0.1, 0.15) is 0 Å². The Labute approximate surface area is 94.9 Å². The molecule has 17 heavy (non-hydrogen) atoms. The van der Waals surface area contributed by atoms with Gasteiger partial charge in [0.2, 0.25) is 0 Å². The average molecular weight is 237 g/mol. The lowest BCUT2D eigenvalue weighted by Gasteiger charge is -2.07. The lowest BCUT2D eigenvalue weighted by atomic mass is 10.3. The van der Waals surface area contributed by atoms with E-state index >= 15 is 0 Å². The number of nitriles is 1. The molecule has 0 spiro atoms. The van der Waals surface area contributed by atoms with Crippen molar-refractivity contribution in [1.29, 1.82) is 5.26 Å². The highest BCUT2D eigenvalue weighted by molar-refractivity contribution is 5.47. The van der Waals surface area contributed by atoms with Gasteiger partial charge in [0.25, 0.3) is 5.69 Å². The molecule has 0 fully saturated rings. The molecule has 0 saturated heterocycles. The largest absolute Gasteiger partial charge is 0.367 e. The fraction of sp³-hybridized carbons (Fsp3) is 0.125. The van der Waals surface area contributed by atoms with E-state index in [0.29, 0.717) is 5.69 Å². The van der Waals surface area contributed by atoms with Crippen LogP contribution in [0.2, 0.25) is 0 Å². The van der Waals surface area contributed by atoms with Crippen molar-refractivity contribution in [1.82, 2.24) is 5.43 Å². The number of non-ortho nitro benzene ring substituents is 1. The maximum absolute atomic E-state index is 10.4. The van der Waals surface area contributed by atoms with Crippen LogP contribution in [0.5, 0.6) is 0 Å². The number of nitrogens with one attached hydrogen (secondary N) is 2. The van der Waals surface area contributed by atoms with Crippen molar-refractivity contribution in [2.24, 2.45) is 0 Å². The Kier molecular flexibility index (Phi) is 3.91. The average Bonchev–Trinajstić information content (AvgIpc) is 2.30. The predicted molar refractivity (Wildman–Crippen MR) is 56.3 cm³/mol. The minimum Gasteiger partial charge on any atom is -0.315 e. The van der Waals surface area contributed by atoms with Crippen LogP contribution in [0, 0.1) is 31.6 Å². The maximum atomic E-state index is 10.4. The molecule has 1 rings (SSSR count). The molecule has 1 aromatic carbocycles. The zero-order chi connectivity index (χ0) is 12.8. The Morgan fingerprint density at radius 3 is 2.24 bits per heavy atom. The Morgan fingerprint density at radius 1 is 1.24 bits per heavy atom. The normalized spacial score (nSPS) is 11.2. The van der Waals surface area contributed by atoms with E-state index < -0.39 is 16.0 Å². The molecule has 0 bridgehead atoms. The quantitative estimate of drug-likeness (QED) is 0.435. The molecule has 0 aromatic heterocycles. The van der Waals surface area contributed by atoms with Crippen molar-refractivity contribution in [2.75, 3.05) is 5.43 Å². The first-order valence-electron chi connectivity index (χ1n) is 4.33. The molecule has 2 N–H and O–H groups in total. The molecule has 0 aliphatic carbocycles. The first-order valence-corrected chi connectivity index (χ1v) is 4.33. The Hall–Kier alpha value is -2.73. The molecule has 1 aromatic rings. The van der Waals surface area contributed by atoms with Crippen molar-refractivity contribution in [3.63, 3.8) is 0 Å². The van der Waals surface area contributed by atoms with Gasteiger partial charge in [-0.15, -0.1) is 0 Å². The summed E-state index contributed by atoms with van der Waals surface area (Å²) in [4.78, 5) is 19.3. The van der Waals surface area contributed by atoms with Gasteiger partial charge in [0, 0.05) is 17.8 Å². The number of nitro groups is 2. The van der Waals surface area contributed by atoms with Crippen LogP contribution in [0.3, 0.4) is 0 Å². The monoisotopic (exact) mass is 237 g/mol. The number of benzene rings is 1. The third-order valence-electron chi connectivity index (χ3n) is 1.76. The molecule has 9 heteroatoms. The molecule has 0 heterocycles. The highest BCUT2D eigenvalue weighted by atomic mass is 16.6. The minimum atomic E-state index is -1.59. The Balaban J connectivity index is 2.61. The molecule has 1 atom stereocenters. The molecule has 0 radical (unpaired) electrons. The summed E-state index contributed by atoms with van der Waals surface area (Å²) in [6.45, 7) is 0. The number of hydrogen-bond acceptors (Lipinski definition) is 7. The first-order chi connectivity index (χ1) is 8.04. The van der Waals surface area contributed by atoms with Crippen LogP contribution < -0.4 is 10.9 Å². The highest BCUT2D eigenvalue weighted by Crippen LogP contribution is 2.14. The molecule has 0 saturated carbocycles. The van der Waals surface area contributed by atoms with Gasteiger partial charge >= 0.3 is 6.17 Å². The number of anilines is 1. The smallest absolute Gasteiger partial charge is 0.315 e. The molecule has 0 aliphatic rings. The Bertz CT molecular complexity index is 466. The fourth-order valence-corrected chi connectivity index (χ4v) is 0.950. The van der Waals surface area contributed by atoms with Gasteiger partial charge in [-0.2, -0.15) is 10.7 Å². The predicted octanol–water partition coefficient (Wildman–Crippen LogP) is 0.638. The van der Waals surface area contributed by atoms with E-state index in [9.17, 15) is 20.2 Å². The summed E-state index contributed by atoms with van der Waals surface area (Å²) in [5, 5.41) is 29.0. The number of rotatable bonds is 5. The molecule has 9 nitrogen and oxygen atoms in total. The summed E-state index contributed by atoms with van der Waals surface area (Å²) < 4.78 is 0. The van der Waals surface area contributed by atoms with Gasteiger partial charge in [-0.05, 0) is 12.1 Å².